The molecule has 0 heterocycles. The van der Waals surface area contributed by atoms with Gasteiger partial charge in [0.2, 0.25) is 11.8 Å². The highest BCUT2D eigenvalue weighted by Crippen LogP contribution is 2.49. The number of benzene rings is 2. The average molecular weight is 533 g/mol. The van der Waals surface area contributed by atoms with E-state index in [-0.39, 0.29) is 34.3 Å². The molecule has 2 N–H and O–H groups in total. The lowest BCUT2D eigenvalue weighted by atomic mass is 9.93. The molecule has 0 spiro atoms. The highest BCUT2D eigenvalue weighted by atomic mass is 33.1. The quantitative estimate of drug-likeness (QED) is 0.263. The van der Waals surface area contributed by atoms with E-state index >= 15 is 0 Å². The lowest BCUT2D eigenvalue weighted by Gasteiger charge is -2.17. The minimum atomic E-state index is -0.337. The van der Waals surface area contributed by atoms with Crippen LogP contribution < -0.4 is 10.6 Å². The summed E-state index contributed by atoms with van der Waals surface area (Å²) in [7, 11) is 3.38. The summed E-state index contributed by atoms with van der Waals surface area (Å²) in [5.41, 5.74) is 3.19. The first-order valence-electron chi connectivity index (χ1n) is 12.5. The number of carbonyl (C=O) groups excluding carboxylic acids is 2. The van der Waals surface area contributed by atoms with Crippen LogP contribution >= 0.6 is 21.6 Å². The first-order valence-corrected chi connectivity index (χ1v) is 15.0. The van der Waals surface area contributed by atoms with Gasteiger partial charge < -0.3 is 10.6 Å². The largest absolute Gasteiger partial charge is 0.355 e. The van der Waals surface area contributed by atoms with E-state index in [0.717, 1.165) is 59.4 Å². The Morgan fingerprint density at radius 1 is 0.750 bits per heavy atom. The fourth-order valence-corrected chi connectivity index (χ4v) is 6.43. The predicted molar refractivity (Wildman–Crippen MR) is 144 cm³/mol. The summed E-state index contributed by atoms with van der Waals surface area (Å²) in [4.78, 5) is 25.4. The smallest absolute Gasteiger partial charge is 0.226 e. The molecule has 0 atom stereocenters. The molecule has 0 bridgehead atoms. The number of amides is 2. The van der Waals surface area contributed by atoms with Crippen LogP contribution in [0.1, 0.15) is 47.9 Å². The fourth-order valence-electron chi connectivity index (χ4n) is 4.62. The summed E-state index contributed by atoms with van der Waals surface area (Å²) < 4.78 is 26.7. The Bertz CT molecular complexity index is 1030. The van der Waals surface area contributed by atoms with Crippen molar-refractivity contribution in [1.29, 1.82) is 0 Å². The lowest BCUT2D eigenvalue weighted by molar-refractivity contribution is -0.126. The molecule has 36 heavy (non-hydrogen) atoms. The predicted octanol–water partition coefficient (Wildman–Crippen LogP) is 5.54. The Labute approximate surface area is 220 Å². The second kappa shape index (κ2) is 11.5. The SMILES string of the molecule is Cc1cc(F)ccc1CC1(C(=O)NCCSSCCNC(=O)C2(Cc3ccc(F)cc3C)CC2)CC1. The van der Waals surface area contributed by atoms with Crippen molar-refractivity contribution in [2.45, 2.75) is 52.4 Å². The number of carbonyl (C=O) groups is 2. The van der Waals surface area contributed by atoms with Gasteiger partial charge in [-0.3, -0.25) is 9.59 Å². The number of aryl methyl sites for hydroxylation is 2. The molecule has 0 radical (unpaired) electrons. The van der Waals surface area contributed by atoms with E-state index in [1.165, 1.54) is 24.3 Å². The van der Waals surface area contributed by atoms with Crippen molar-refractivity contribution < 1.29 is 18.4 Å². The molecule has 0 aromatic heterocycles. The van der Waals surface area contributed by atoms with Gasteiger partial charge in [-0.15, -0.1) is 0 Å². The molecule has 2 aliphatic carbocycles. The van der Waals surface area contributed by atoms with Gasteiger partial charge in [-0.2, -0.15) is 0 Å². The van der Waals surface area contributed by atoms with Crippen LogP contribution in [-0.2, 0) is 22.4 Å². The van der Waals surface area contributed by atoms with Gasteiger partial charge in [0, 0.05) is 24.6 Å². The molecular weight excluding hydrogens is 498 g/mol. The molecule has 0 saturated heterocycles. The summed E-state index contributed by atoms with van der Waals surface area (Å²) in [6, 6.07) is 9.55. The molecule has 8 heteroatoms. The number of nitrogens with one attached hydrogen (secondary N) is 2. The van der Waals surface area contributed by atoms with Crippen LogP contribution in [0.5, 0.6) is 0 Å². The van der Waals surface area contributed by atoms with Crippen LogP contribution in [-0.4, -0.2) is 36.4 Å². The van der Waals surface area contributed by atoms with E-state index in [9.17, 15) is 18.4 Å². The Morgan fingerprint density at radius 3 is 1.47 bits per heavy atom. The zero-order valence-corrected chi connectivity index (χ0v) is 22.6. The van der Waals surface area contributed by atoms with Crippen molar-refractivity contribution in [3.05, 3.63) is 70.3 Å². The van der Waals surface area contributed by atoms with Crippen molar-refractivity contribution in [3.8, 4) is 0 Å². The van der Waals surface area contributed by atoms with Crippen LogP contribution in [0.4, 0.5) is 8.78 Å². The maximum atomic E-state index is 13.4. The highest BCUT2D eigenvalue weighted by Gasteiger charge is 2.50. The zero-order chi connectivity index (χ0) is 25.8. The molecule has 0 unspecified atom stereocenters. The van der Waals surface area contributed by atoms with Crippen molar-refractivity contribution in [1.82, 2.24) is 10.6 Å². The van der Waals surface area contributed by atoms with Gasteiger partial charge in [-0.25, -0.2) is 8.78 Å². The average Bonchev–Trinajstić information content (AvgIpc) is 3.76. The summed E-state index contributed by atoms with van der Waals surface area (Å²) in [5.74, 6) is 1.29. The van der Waals surface area contributed by atoms with E-state index in [1.54, 1.807) is 33.7 Å². The lowest BCUT2D eigenvalue weighted by Crippen LogP contribution is -2.35. The Morgan fingerprint density at radius 2 is 1.14 bits per heavy atom. The van der Waals surface area contributed by atoms with Crippen LogP contribution in [0, 0.1) is 36.3 Å². The minimum Gasteiger partial charge on any atom is -0.355 e. The van der Waals surface area contributed by atoms with E-state index in [4.69, 9.17) is 0 Å². The molecule has 2 aliphatic rings. The first-order chi connectivity index (χ1) is 17.2. The van der Waals surface area contributed by atoms with Gasteiger partial charge in [0.25, 0.3) is 0 Å². The molecule has 2 saturated carbocycles. The maximum absolute atomic E-state index is 13.4. The van der Waals surface area contributed by atoms with E-state index in [1.807, 2.05) is 13.8 Å². The Kier molecular flexibility index (Phi) is 8.66. The van der Waals surface area contributed by atoms with Gasteiger partial charge >= 0.3 is 0 Å². The van der Waals surface area contributed by atoms with Gasteiger partial charge in [-0.05, 0) is 98.9 Å². The van der Waals surface area contributed by atoms with E-state index in [2.05, 4.69) is 10.6 Å². The second-order valence-electron chi connectivity index (χ2n) is 10.2. The van der Waals surface area contributed by atoms with Crippen LogP contribution in [0.2, 0.25) is 0 Å². The van der Waals surface area contributed by atoms with E-state index < -0.39 is 0 Å². The highest BCUT2D eigenvalue weighted by molar-refractivity contribution is 8.76. The van der Waals surface area contributed by atoms with E-state index in [0.29, 0.717) is 25.9 Å². The van der Waals surface area contributed by atoms with Gasteiger partial charge in [0.05, 0.1) is 10.8 Å². The van der Waals surface area contributed by atoms with Crippen molar-refractivity contribution in [3.63, 3.8) is 0 Å². The molecular formula is C28H34F2N2O2S2. The fraction of sp³-hybridized carbons (Fsp3) is 0.500. The first kappa shape index (κ1) is 27.0. The third-order valence-corrected chi connectivity index (χ3v) is 9.77. The topological polar surface area (TPSA) is 58.2 Å². The number of halogens is 2. The second-order valence-corrected chi connectivity index (χ2v) is 12.9. The van der Waals surface area contributed by atoms with Gasteiger partial charge in [0.1, 0.15) is 11.6 Å². The van der Waals surface area contributed by atoms with Crippen LogP contribution in [0.25, 0.3) is 0 Å². The minimum absolute atomic E-state index is 0.0928. The summed E-state index contributed by atoms with van der Waals surface area (Å²) in [6.07, 6.45) is 4.82. The Balaban J connectivity index is 1.08. The van der Waals surface area contributed by atoms with Crippen molar-refractivity contribution >= 4 is 33.4 Å². The standard InChI is InChI=1S/C28H34F2N2O2S2/c1-19-15-23(29)5-3-21(19)17-27(7-8-27)25(33)31-11-13-35-36-14-12-32-26(34)28(9-10-28)18-22-4-6-24(30)16-20(22)2/h3-6,15-16H,7-14,17-18H2,1-2H3,(H,31,33)(H,32,34). The molecule has 4 rings (SSSR count). The molecule has 4 nitrogen and oxygen atoms in total. The number of hydrogen-bond acceptors (Lipinski definition) is 4. The van der Waals surface area contributed by atoms with Gasteiger partial charge in [0.15, 0.2) is 0 Å². The molecule has 2 aromatic rings. The zero-order valence-electron chi connectivity index (χ0n) is 20.9. The molecule has 2 aromatic carbocycles. The van der Waals surface area contributed by atoms with Crippen molar-refractivity contribution in [2.24, 2.45) is 10.8 Å². The third kappa shape index (κ3) is 6.82. The molecule has 194 valence electrons. The monoisotopic (exact) mass is 532 g/mol. The van der Waals surface area contributed by atoms with Gasteiger partial charge in [-0.1, -0.05) is 33.7 Å². The Hall–Kier alpha value is -2.06. The maximum Gasteiger partial charge on any atom is 0.226 e. The number of hydrogen-bond donors (Lipinski definition) is 2. The third-order valence-electron chi connectivity index (χ3n) is 7.36. The van der Waals surface area contributed by atoms with Crippen LogP contribution in [0.3, 0.4) is 0 Å². The molecule has 2 fully saturated rings. The molecule has 0 aliphatic heterocycles. The number of rotatable bonds is 13. The van der Waals surface area contributed by atoms with Crippen molar-refractivity contribution in [2.75, 3.05) is 24.6 Å². The molecule has 2 amide bonds. The normalized spacial score (nSPS) is 16.9. The summed E-state index contributed by atoms with van der Waals surface area (Å²) in [5, 5.41) is 6.13. The summed E-state index contributed by atoms with van der Waals surface area (Å²) in [6.45, 7) is 4.99. The van der Waals surface area contributed by atoms with Crippen LogP contribution in [0.15, 0.2) is 36.4 Å². The summed E-state index contributed by atoms with van der Waals surface area (Å²) >= 11 is 0.